The van der Waals surface area contributed by atoms with Crippen molar-refractivity contribution in [3.05, 3.63) is 94.8 Å². The van der Waals surface area contributed by atoms with Crippen LogP contribution >= 0.6 is 0 Å². The van der Waals surface area contributed by atoms with Gasteiger partial charge in [-0.05, 0) is 83.2 Å². The fraction of sp³-hybridized carbons (Fsp3) is 0.364. The monoisotopic (exact) mass is 484 g/mol. The predicted octanol–water partition coefficient (Wildman–Crippen LogP) is 9.25. The van der Waals surface area contributed by atoms with Crippen molar-refractivity contribution in [3.8, 4) is 0 Å². The normalized spacial score (nSPS) is 12.3. The topological polar surface area (TPSA) is 37.5 Å². The van der Waals surface area contributed by atoms with Gasteiger partial charge in [0.2, 0.25) is 0 Å². The molecule has 0 radical (unpaired) electrons. The summed E-state index contributed by atoms with van der Waals surface area (Å²) in [6.07, 6.45) is 2.12. The Labute approximate surface area is 218 Å². The molecule has 192 valence electrons. The third-order valence-corrected chi connectivity index (χ3v) is 6.86. The second kappa shape index (κ2) is 12.6. The van der Waals surface area contributed by atoms with Crippen molar-refractivity contribution in [2.24, 2.45) is 10.9 Å². The van der Waals surface area contributed by atoms with Crippen molar-refractivity contribution in [1.29, 1.82) is 0 Å². The molecule has 0 amide bonds. The van der Waals surface area contributed by atoms with Gasteiger partial charge in [0.05, 0.1) is 0 Å². The Morgan fingerprint density at radius 1 is 0.972 bits per heavy atom. The molecule has 3 rings (SSSR count). The summed E-state index contributed by atoms with van der Waals surface area (Å²) in [7, 11) is 1.83. The van der Waals surface area contributed by atoms with Gasteiger partial charge in [-0.25, -0.2) is 0 Å². The van der Waals surface area contributed by atoms with E-state index in [0.717, 1.165) is 28.3 Å². The lowest BCUT2D eigenvalue weighted by Gasteiger charge is -2.32. The van der Waals surface area contributed by atoms with Crippen LogP contribution in [0, 0.1) is 12.8 Å². The quantitative estimate of drug-likeness (QED) is 0.268. The van der Waals surface area contributed by atoms with E-state index < -0.39 is 0 Å². The van der Waals surface area contributed by atoms with E-state index in [4.69, 9.17) is 4.42 Å². The molecule has 0 aliphatic rings. The average Bonchev–Trinajstić information content (AvgIpc) is 3.14. The molecule has 0 aliphatic heterocycles. The molecule has 3 nitrogen and oxygen atoms in total. The first-order valence-electron chi connectivity index (χ1n) is 12.7. The van der Waals surface area contributed by atoms with Gasteiger partial charge in [0, 0.05) is 34.9 Å². The van der Waals surface area contributed by atoms with E-state index in [1.54, 1.807) is 0 Å². The number of nitrogens with zero attached hydrogens (tertiary/aromatic N) is 1. The van der Waals surface area contributed by atoms with Crippen LogP contribution in [0.25, 0.3) is 22.7 Å². The number of furan rings is 1. The number of rotatable bonds is 7. The highest BCUT2D eigenvalue weighted by molar-refractivity contribution is 6.03. The van der Waals surface area contributed by atoms with Crippen molar-refractivity contribution in [3.63, 3.8) is 0 Å². The fourth-order valence-electron chi connectivity index (χ4n) is 4.00. The number of allylic oxidation sites excluding steroid dienone is 3. The van der Waals surface area contributed by atoms with E-state index >= 15 is 0 Å². The highest BCUT2D eigenvalue weighted by Crippen LogP contribution is 2.28. The minimum absolute atomic E-state index is 0.0763. The number of hydrogen-bond acceptors (Lipinski definition) is 3. The first-order valence-corrected chi connectivity index (χ1v) is 12.7. The van der Waals surface area contributed by atoms with Gasteiger partial charge in [0.25, 0.3) is 0 Å². The number of hydrogen-bond donors (Lipinski definition) is 1. The molecule has 0 bridgehead atoms. The average molecular weight is 485 g/mol. The molecular weight excluding hydrogens is 440 g/mol. The molecule has 0 fully saturated rings. The first kappa shape index (κ1) is 28.9. The van der Waals surface area contributed by atoms with E-state index in [2.05, 4.69) is 96.6 Å². The highest BCUT2D eigenvalue weighted by Gasteiger charge is 2.22. The Bertz CT molecular complexity index is 1260. The van der Waals surface area contributed by atoms with Gasteiger partial charge in [-0.15, -0.1) is 0 Å². The van der Waals surface area contributed by atoms with E-state index in [1.165, 1.54) is 27.7 Å². The minimum atomic E-state index is 0.0763. The SMILES string of the molecule is C=C(NC(C)(C)C(C)C)c1ccccc1.CN=C(C)C(=C(C)C)/C(C)=C\c1oc2ccccc2c1C. The molecular formula is C33H44N2O. The summed E-state index contributed by atoms with van der Waals surface area (Å²) < 4.78 is 5.97. The second-order valence-corrected chi connectivity index (χ2v) is 10.4. The first-order chi connectivity index (χ1) is 16.9. The number of aryl methyl sites for hydroxylation is 1. The zero-order chi connectivity index (χ0) is 27.0. The summed E-state index contributed by atoms with van der Waals surface area (Å²) in [4.78, 5) is 4.33. The maximum atomic E-state index is 5.97. The lowest BCUT2D eigenvalue weighted by atomic mass is 9.90. The van der Waals surface area contributed by atoms with Gasteiger partial charge in [-0.3, -0.25) is 4.99 Å². The van der Waals surface area contributed by atoms with Crippen LogP contribution < -0.4 is 5.32 Å². The van der Waals surface area contributed by atoms with Crippen LogP contribution in [0.3, 0.4) is 0 Å². The Balaban J connectivity index is 0.000000269. The maximum Gasteiger partial charge on any atom is 0.135 e. The minimum Gasteiger partial charge on any atom is -0.456 e. The summed E-state index contributed by atoms with van der Waals surface area (Å²) in [6, 6.07) is 18.4. The zero-order valence-electron chi connectivity index (χ0n) is 23.9. The van der Waals surface area contributed by atoms with Gasteiger partial charge >= 0.3 is 0 Å². The summed E-state index contributed by atoms with van der Waals surface area (Å²) in [5.74, 6) is 1.49. The lowest BCUT2D eigenvalue weighted by Crippen LogP contribution is -2.42. The maximum absolute atomic E-state index is 5.97. The van der Waals surface area contributed by atoms with Gasteiger partial charge < -0.3 is 9.73 Å². The van der Waals surface area contributed by atoms with Crippen LogP contribution in [-0.4, -0.2) is 18.3 Å². The molecule has 0 atom stereocenters. The number of fused-ring (bicyclic) bond motifs is 1. The second-order valence-electron chi connectivity index (χ2n) is 10.4. The Morgan fingerprint density at radius 3 is 2.08 bits per heavy atom. The fourth-order valence-corrected chi connectivity index (χ4v) is 4.00. The van der Waals surface area contributed by atoms with Crippen molar-refractivity contribution in [2.45, 2.75) is 67.9 Å². The molecule has 3 heteroatoms. The van der Waals surface area contributed by atoms with Crippen LogP contribution in [0.15, 0.2) is 87.3 Å². The molecule has 1 N–H and O–H groups in total. The van der Waals surface area contributed by atoms with Gasteiger partial charge in [-0.2, -0.15) is 0 Å². The summed E-state index contributed by atoms with van der Waals surface area (Å²) >= 11 is 0. The van der Waals surface area contributed by atoms with Gasteiger partial charge in [0.1, 0.15) is 11.3 Å². The molecule has 0 saturated carbocycles. The molecule has 1 heterocycles. The molecule has 2 aromatic carbocycles. The molecule has 0 unspecified atom stereocenters. The number of para-hydroxylation sites is 1. The molecule has 36 heavy (non-hydrogen) atoms. The van der Waals surface area contributed by atoms with Gasteiger partial charge in [-0.1, -0.05) is 74.5 Å². The Kier molecular flexibility index (Phi) is 10.1. The molecule has 1 aromatic heterocycles. The number of benzene rings is 2. The summed E-state index contributed by atoms with van der Waals surface area (Å²) in [6.45, 7) is 23.4. The molecule has 0 aliphatic carbocycles. The largest absolute Gasteiger partial charge is 0.456 e. The van der Waals surface area contributed by atoms with E-state index in [-0.39, 0.29) is 5.54 Å². The van der Waals surface area contributed by atoms with E-state index in [9.17, 15) is 0 Å². The van der Waals surface area contributed by atoms with Crippen LogP contribution in [0.4, 0.5) is 0 Å². The Hall–Kier alpha value is -3.33. The van der Waals surface area contributed by atoms with E-state index in [1.807, 2.05) is 50.4 Å². The number of aliphatic imine (C=N–C) groups is 1. The zero-order valence-corrected chi connectivity index (χ0v) is 23.9. The molecule has 3 aromatic rings. The smallest absolute Gasteiger partial charge is 0.135 e. The van der Waals surface area contributed by atoms with E-state index in [0.29, 0.717) is 5.92 Å². The van der Waals surface area contributed by atoms with Crippen LogP contribution in [-0.2, 0) is 0 Å². The molecule has 0 spiro atoms. The standard InChI is InChI=1S/C19H23NO.C14H21N/c1-12(2)19(15(5)20-6)13(3)11-18-14(4)16-9-7-8-10-17(16)21-18;1-11(2)14(4,5)15-12(3)13-9-7-6-8-10-13/h7-11H,1-6H3;6-11,15H,3H2,1-2,4-5H3/b13-11-,20-15?;. The van der Waals surface area contributed by atoms with Crippen molar-refractivity contribution >= 4 is 28.5 Å². The third kappa shape index (κ3) is 7.34. The third-order valence-electron chi connectivity index (χ3n) is 6.86. The van der Waals surface area contributed by atoms with Gasteiger partial charge in [0.15, 0.2) is 0 Å². The summed E-state index contributed by atoms with van der Waals surface area (Å²) in [5, 5.41) is 4.65. The van der Waals surface area contributed by atoms with Crippen LogP contribution in [0.1, 0.15) is 72.3 Å². The van der Waals surface area contributed by atoms with Crippen LogP contribution in [0.2, 0.25) is 0 Å². The van der Waals surface area contributed by atoms with Crippen molar-refractivity contribution < 1.29 is 4.42 Å². The molecule has 0 saturated heterocycles. The lowest BCUT2D eigenvalue weighted by molar-refractivity contribution is 0.328. The Morgan fingerprint density at radius 2 is 1.56 bits per heavy atom. The number of nitrogens with one attached hydrogen (secondary N) is 1. The predicted molar refractivity (Wildman–Crippen MR) is 160 cm³/mol. The summed E-state index contributed by atoms with van der Waals surface area (Å²) in [5.41, 5.74) is 9.06. The van der Waals surface area contributed by atoms with Crippen LogP contribution in [0.5, 0.6) is 0 Å². The van der Waals surface area contributed by atoms with Crippen molar-refractivity contribution in [2.75, 3.05) is 7.05 Å². The van der Waals surface area contributed by atoms with Crippen molar-refractivity contribution in [1.82, 2.24) is 5.32 Å². The highest BCUT2D eigenvalue weighted by atomic mass is 16.3.